The molecule has 10 rings (SSSR count). The normalized spacial score (nSPS) is 11.7. The highest BCUT2D eigenvalue weighted by Crippen LogP contribution is 2.46. The first-order valence-corrected chi connectivity index (χ1v) is 17.5. The molecule has 0 amide bonds. The SMILES string of the molecule is c1ccc(N(c2ccc(-c3c4ccccc4cc4c3sc3ccccc34)cc2)c2cccc3c2c2ccccc2n3-c2ccccc2)cc1. The molecule has 0 N–H and O–H groups in total. The fourth-order valence-electron chi connectivity index (χ4n) is 7.63. The minimum atomic E-state index is 1.12. The van der Waals surface area contributed by atoms with Gasteiger partial charge in [-0.2, -0.15) is 0 Å². The summed E-state index contributed by atoms with van der Waals surface area (Å²) in [5.74, 6) is 0. The predicted molar refractivity (Wildman–Crippen MR) is 211 cm³/mol. The van der Waals surface area contributed by atoms with Crippen LogP contribution in [-0.4, -0.2) is 4.57 Å². The van der Waals surface area contributed by atoms with Crippen LogP contribution in [0.1, 0.15) is 0 Å². The van der Waals surface area contributed by atoms with Crippen LogP contribution < -0.4 is 4.90 Å². The quantitative estimate of drug-likeness (QED) is 0.181. The molecule has 0 fully saturated rings. The Morgan fingerprint density at radius 2 is 1.08 bits per heavy atom. The number of fused-ring (bicyclic) bond motifs is 7. The summed E-state index contributed by atoms with van der Waals surface area (Å²) in [6.07, 6.45) is 0. The molecule has 8 aromatic carbocycles. The lowest BCUT2D eigenvalue weighted by atomic mass is 9.95. The van der Waals surface area contributed by atoms with Gasteiger partial charge in [0.1, 0.15) is 0 Å². The van der Waals surface area contributed by atoms with E-state index in [1.54, 1.807) is 0 Å². The van der Waals surface area contributed by atoms with Gasteiger partial charge in [-0.1, -0.05) is 115 Å². The monoisotopic (exact) mass is 642 g/mol. The summed E-state index contributed by atoms with van der Waals surface area (Å²) in [4.78, 5) is 2.41. The Morgan fingerprint density at radius 3 is 1.90 bits per heavy atom. The number of rotatable bonds is 5. The van der Waals surface area contributed by atoms with Crippen molar-refractivity contribution in [3.63, 3.8) is 0 Å². The smallest absolute Gasteiger partial charge is 0.0562 e. The zero-order valence-corrected chi connectivity index (χ0v) is 27.4. The van der Waals surface area contributed by atoms with E-state index >= 15 is 0 Å². The highest BCUT2D eigenvalue weighted by atomic mass is 32.1. The fourth-order valence-corrected chi connectivity index (χ4v) is 8.90. The first-order valence-electron chi connectivity index (χ1n) is 16.7. The van der Waals surface area contributed by atoms with Crippen LogP contribution in [0.5, 0.6) is 0 Å². The van der Waals surface area contributed by atoms with E-state index in [1.165, 1.54) is 63.9 Å². The topological polar surface area (TPSA) is 8.17 Å². The summed E-state index contributed by atoms with van der Waals surface area (Å²) < 4.78 is 5.05. The summed E-state index contributed by atoms with van der Waals surface area (Å²) in [6.45, 7) is 0. The highest BCUT2D eigenvalue weighted by Gasteiger charge is 2.21. The molecule has 0 radical (unpaired) electrons. The van der Waals surface area contributed by atoms with Gasteiger partial charge >= 0.3 is 0 Å². The van der Waals surface area contributed by atoms with E-state index < -0.39 is 0 Å². The molecular formula is C46H30N2S. The standard InChI is InChI=1S/C46H30N2S/c1-3-15-33(16-4-1)47(41-23-13-24-42-45(41)38-21-9-11-22-40(38)48(42)34-17-5-2-6-18-34)35-28-26-31(27-29-35)44-36-19-8-7-14-32(36)30-39-37-20-10-12-25-43(37)49-46(39)44/h1-30H. The third-order valence-electron chi connectivity index (χ3n) is 9.75. The minimum absolute atomic E-state index is 1.12. The molecule has 0 atom stereocenters. The molecule has 3 heteroatoms. The first kappa shape index (κ1) is 27.9. The molecule has 0 aliphatic rings. The third-order valence-corrected chi connectivity index (χ3v) is 11.0. The number of thiophene rings is 1. The van der Waals surface area contributed by atoms with E-state index in [2.05, 4.69) is 191 Å². The summed E-state index contributed by atoms with van der Waals surface area (Å²) in [6, 6.07) is 66.0. The van der Waals surface area contributed by atoms with Gasteiger partial charge in [-0.3, -0.25) is 0 Å². The van der Waals surface area contributed by atoms with Crippen molar-refractivity contribution in [3.8, 4) is 16.8 Å². The van der Waals surface area contributed by atoms with Crippen LogP contribution in [0.25, 0.3) is 69.6 Å². The largest absolute Gasteiger partial charge is 0.310 e. The molecule has 0 unspecified atom stereocenters. The van der Waals surface area contributed by atoms with Crippen LogP contribution in [0, 0.1) is 0 Å². The second kappa shape index (κ2) is 11.2. The van der Waals surface area contributed by atoms with Crippen molar-refractivity contribution < 1.29 is 0 Å². The maximum absolute atomic E-state index is 2.41. The van der Waals surface area contributed by atoms with Crippen LogP contribution in [0.4, 0.5) is 17.1 Å². The number of aromatic nitrogens is 1. The van der Waals surface area contributed by atoms with Crippen molar-refractivity contribution in [2.45, 2.75) is 0 Å². The van der Waals surface area contributed by atoms with E-state index in [9.17, 15) is 0 Å². The van der Waals surface area contributed by atoms with Crippen molar-refractivity contribution in [2.75, 3.05) is 4.90 Å². The Bertz CT molecular complexity index is 2810. The Labute approximate surface area is 288 Å². The number of benzene rings is 8. The molecule has 2 nitrogen and oxygen atoms in total. The second-order valence-electron chi connectivity index (χ2n) is 12.5. The van der Waals surface area contributed by atoms with Crippen molar-refractivity contribution in [3.05, 3.63) is 182 Å². The highest BCUT2D eigenvalue weighted by molar-refractivity contribution is 7.26. The molecule has 2 aromatic heterocycles. The number of para-hydroxylation sites is 3. The van der Waals surface area contributed by atoms with Crippen LogP contribution in [-0.2, 0) is 0 Å². The fraction of sp³-hybridized carbons (Fsp3) is 0. The van der Waals surface area contributed by atoms with Gasteiger partial charge in [-0.25, -0.2) is 0 Å². The van der Waals surface area contributed by atoms with Crippen molar-refractivity contribution in [1.29, 1.82) is 0 Å². The lowest BCUT2D eigenvalue weighted by Gasteiger charge is -2.27. The van der Waals surface area contributed by atoms with Gasteiger partial charge < -0.3 is 9.47 Å². The zero-order valence-electron chi connectivity index (χ0n) is 26.6. The Hall–Kier alpha value is -6.16. The van der Waals surface area contributed by atoms with E-state index in [0.717, 1.165) is 22.7 Å². The molecule has 0 bridgehead atoms. The van der Waals surface area contributed by atoms with Crippen LogP contribution in [0.15, 0.2) is 182 Å². The third kappa shape index (κ3) is 4.40. The molecule has 10 aromatic rings. The molecule has 49 heavy (non-hydrogen) atoms. The van der Waals surface area contributed by atoms with Gasteiger partial charge in [-0.15, -0.1) is 11.3 Å². The van der Waals surface area contributed by atoms with Crippen molar-refractivity contribution in [2.24, 2.45) is 0 Å². The van der Waals surface area contributed by atoms with Crippen LogP contribution in [0.3, 0.4) is 0 Å². The van der Waals surface area contributed by atoms with E-state index in [4.69, 9.17) is 0 Å². The predicted octanol–water partition coefficient (Wildman–Crippen LogP) is 13.4. The molecule has 0 aliphatic carbocycles. The van der Waals surface area contributed by atoms with Gasteiger partial charge in [-0.05, 0) is 83.1 Å². The Balaban J connectivity index is 1.20. The average molecular weight is 643 g/mol. The summed E-state index contributed by atoms with van der Waals surface area (Å²) in [5, 5.41) is 7.67. The second-order valence-corrected chi connectivity index (χ2v) is 13.6. The summed E-state index contributed by atoms with van der Waals surface area (Å²) in [7, 11) is 0. The molecular weight excluding hydrogens is 613 g/mol. The summed E-state index contributed by atoms with van der Waals surface area (Å²) >= 11 is 1.89. The number of nitrogens with zero attached hydrogens (tertiary/aromatic N) is 2. The van der Waals surface area contributed by atoms with Crippen LogP contribution >= 0.6 is 11.3 Å². The minimum Gasteiger partial charge on any atom is -0.310 e. The van der Waals surface area contributed by atoms with Gasteiger partial charge in [0.25, 0.3) is 0 Å². The number of anilines is 3. The van der Waals surface area contributed by atoms with E-state index in [0.29, 0.717) is 0 Å². The number of hydrogen-bond donors (Lipinski definition) is 0. The molecule has 0 saturated heterocycles. The first-order chi connectivity index (χ1) is 24.3. The summed E-state index contributed by atoms with van der Waals surface area (Å²) in [5.41, 5.74) is 9.46. The molecule has 2 heterocycles. The Kier molecular flexibility index (Phi) is 6.39. The average Bonchev–Trinajstić information content (AvgIpc) is 3.71. The van der Waals surface area contributed by atoms with Gasteiger partial charge in [0.15, 0.2) is 0 Å². The van der Waals surface area contributed by atoms with E-state index in [-0.39, 0.29) is 0 Å². The van der Waals surface area contributed by atoms with Gasteiger partial charge in [0.05, 0.1) is 16.7 Å². The lowest BCUT2D eigenvalue weighted by molar-refractivity contribution is 1.18. The molecule has 230 valence electrons. The maximum atomic E-state index is 2.41. The molecule has 0 saturated carbocycles. The maximum Gasteiger partial charge on any atom is 0.0562 e. The van der Waals surface area contributed by atoms with Crippen molar-refractivity contribution in [1.82, 2.24) is 4.57 Å². The lowest BCUT2D eigenvalue weighted by Crippen LogP contribution is -2.10. The number of hydrogen-bond acceptors (Lipinski definition) is 2. The molecule has 0 spiro atoms. The van der Waals surface area contributed by atoms with Crippen molar-refractivity contribution >= 4 is 81.1 Å². The van der Waals surface area contributed by atoms with Gasteiger partial charge in [0.2, 0.25) is 0 Å². The van der Waals surface area contributed by atoms with Gasteiger partial charge in [0, 0.05) is 53.6 Å². The van der Waals surface area contributed by atoms with Crippen LogP contribution in [0.2, 0.25) is 0 Å². The molecule has 0 aliphatic heterocycles. The van der Waals surface area contributed by atoms with E-state index in [1.807, 2.05) is 11.3 Å². The Morgan fingerprint density at radius 1 is 0.449 bits per heavy atom. The zero-order chi connectivity index (χ0) is 32.3.